The minimum Gasteiger partial charge on any atom is -0.504 e. The van der Waals surface area contributed by atoms with Crippen LogP contribution in [0.15, 0.2) is 6.07 Å². The number of hydrogen-bond donors (Lipinski definition) is 5. The Hall–Kier alpha value is -1.95. The maximum atomic E-state index is 10.4. The van der Waals surface area contributed by atoms with Crippen LogP contribution >= 0.6 is 0 Å². The minimum absolute atomic E-state index is 0.100. The van der Waals surface area contributed by atoms with Crippen LogP contribution < -0.4 is 5.73 Å². The summed E-state index contributed by atoms with van der Waals surface area (Å²) in [6, 6.07) is 2.25. The van der Waals surface area contributed by atoms with Crippen LogP contribution in [-0.4, -0.2) is 32.4 Å². The van der Waals surface area contributed by atoms with Gasteiger partial charge in [-0.1, -0.05) is 0 Å². The molecule has 0 heterocycles. The normalized spacial score (nSPS) is 12.3. The van der Waals surface area contributed by atoms with Gasteiger partial charge in [-0.05, 0) is 18.1 Å². The summed E-state index contributed by atoms with van der Waals surface area (Å²) < 4.78 is 0. The van der Waals surface area contributed by atoms with E-state index in [4.69, 9.17) is 26.2 Å². The molecule has 0 aliphatic rings. The van der Waals surface area contributed by atoms with Crippen LogP contribution in [-0.2, 0) is 11.2 Å². The van der Waals surface area contributed by atoms with Gasteiger partial charge in [0.25, 0.3) is 0 Å². The van der Waals surface area contributed by atoms with Crippen LogP contribution in [0.2, 0.25) is 0 Å². The summed E-state index contributed by atoms with van der Waals surface area (Å²) in [5, 5.41) is 35.7. The number of rotatable bonds is 3. The topological polar surface area (TPSA) is 124 Å². The molecule has 81 valence electrons. The first-order valence-corrected chi connectivity index (χ1v) is 4.06. The van der Waals surface area contributed by atoms with Gasteiger partial charge in [-0.25, -0.2) is 0 Å². The van der Waals surface area contributed by atoms with Gasteiger partial charge in [-0.15, -0.1) is 0 Å². The predicted molar refractivity (Wildman–Crippen MR) is 49.6 cm³/mol. The molecule has 1 unspecified atom stereocenters. The van der Waals surface area contributed by atoms with Gasteiger partial charge in [0.15, 0.2) is 11.5 Å². The second-order valence-corrected chi connectivity index (χ2v) is 3.03. The van der Waals surface area contributed by atoms with Gasteiger partial charge in [0.05, 0.1) is 0 Å². The molecule has 0 spiro atoms. The largest absolute Gasteiger partial charge is 0.504 e. The number of phenolic OH excluding ortho intramolecular Hbond substituents is 3. The molecule has 1 aromatic rings. The highest BCUT2D eigenvalue weighted by Crippen LogP contribution is 2.34. The fourth-order valence-electron chi connectivity index (χ4n) is 1.04. The molecule has 0 saturated heterocycles. The zero-order valence-electron chi connectivity index (χ0n) is 7.64. The number of aliphatic carboxylic acids is 1. The van der Waals surface area contributed by atoms with Crippen molar-refractivity contribution in [2.24, 2.45) is 5.73 Å². The highest BCUT2D eigenvalue weighted by Gasteiger charge is 2.15. The summed E-state index contributed by atoms with van der Waals surface area (Å²) >= 11 is 0. The number of benzene rings is 1. The van der Waals surface area contributed by atoms with Crippen molar-refractivity contribution < 1.29 is 25.2 Å². The number of hydrogen-bond acceptors (Lipinski definition) is 5. The monoisotopic (exact) mass is 212 g/mol. The zero-order chi connectivity index (χ0) is 11.6. The average molecular weight is 212 g/mol. The maximum Gasteiger partial charge on any atom is 0.320 e. The number of carboxylic acid groups (broad SMARTS) is 1. The molecular formula is C9H10NO5. The SMILES string of the molecule is NC(Cc1[c]c(O)c(O)c(O)c1)C(=O)O. The third kappa shape index (κ3) is 2.50. The van der Waals surface area contributed by atoms with Crippen molar-refractivity contribution in [3.05, 3.63) is 17.7 Å². The van der Waals surface area contributed by atoms with E-state index >= 15 is 0 Å². The van der Waals surface area contributed by atoms with E-state index in [1.54, 1.807) is 0 Å². The van der Waals surface area contributed by atoms with Crippen molar-refractivity contribution in [2.45, 2.75) is 12.5 Å². The first kappa shape index (κ1) is 11.1. The minimum atomic E-state index is -1.20. The fraction of sp³-hybridized carbons (Fsp3) is 0.222. The number of carboxylic acids is 1. The summed E-state index contributed by atoms with van der Waals surface area (Å²) in [5.74, 6) is -3.07. The van der Waals surface area contributed by atoms with E-state index in [1.165, 1.54) is 0 Å². The predicted octanol–water partition coefficient (Wildman–Crippen LogP) is -0.442. The molecular weight excluding hydrogens is 202 g/mol. The molecule has 1 atom stereocenters. The van der Waals surface area contributed by atoms with E-state index in [9.17, 15) is 4.79 Å². The van der Waals surface area contributed by atoms with Gasteiger partial charge in [0, 0.05) is 6.07 Å². The van der Waals surface area contributed by atoms with Gasteiger partial charge < -0.3 is 26.2 Å². The Morgan fingerprint density at radius 3 is 2.53 bits per heavy atom. The molecule has 15 heavy (non-hydrogen) atoms. The standard InChI is InChI=1S/C9H10NO5/c10-5(9(14)15)1-4-2-6(11)8(13)7(12)3-4/h2,5,11-13H,1,10H2,(H,14,15). The number of phenols is 3. The van der Waals surface area contributed by atoms with Crippen molar-refractivity contribution in [1.82, 2.24) is 0 Å². The molecule has 0 saturated carbocycles. The Morgan fingerprint density at radius 2 is 2.07 bits per heavy atom. The summed E-state index contributed by atoms with van der Waals surface area (Å²) in [6.45, 7) is 0. The lowest BCUT2D eigenvalue weighted by Gasteiger charge is -2.08. The molecule has 1 radical (unpaired) electrons. The summed E-state index contributed by atoms with van der Waals surface area (Å²) in [5.41, 5.74) is 5.45. The summed E-state index contributed by atoms with van der Waals surface area (Å²) in [6.07, 6.45) is -0.100. The van der Waals surface area contributed by atoms with Crippen LogP contribution in [0.1, 0.15) is 5.56 Å². The summed E-state index contributed by atoms with van der Waals surface area (Å²) in [4.78, 5) is 10.4. The van der Waals surface area contributed by atoms with Crippen LogP contribution in [0, 0.1) is 6.07 Å². The van der Waals surface area contributed by atoms with E-state index in [0.717, 1.165) is 6.07 Å². The third-order valence-electron chi connectivity index (χ3n) is 1.81. The molecule has 6 nitrogen and oxygen atoms in total. The van der Waals surface area contributed by atoms with Crippen molar-refractivity contribution in [3.63, 3.8) is 0 Å². The Kier molecular flexibility index (Phi) is 3.01. The molecule has 6 heteroatoms. The first-order chi connectivity index (χ1) is 6.91. The molecule has 0 aliphatic carbocycles. The zero-order valence-corrected chi connectivity index (χ0v) is 7.64. The van der Waals surface area contributed by atoms with Crippen molar-refractivity contribution in [3.8, 4) is 17.2 Å². The number of nitrogens with two attached hydrogens (primary N) is 1. The Balaban J connectivity index is 2.92. The van der Waals surface area contributed by atoms with E-state index in [1.807, 2.05) is 0 Å². The molecule has 0 aromatic heterocycles. The van der Waals surface area contributed by atoms with E-state index in [2.05, 4.69) is 6.07 Å². The number of aromatic hydroxyl groups is 3. The molecule has 1 rings (SSSR count). The second-order valence-electron chi connectivity index (χ2n) is 3.03. The van der Waals surface area contributed by atoms with Crippen LogP contribution in [0.25, 0.3) is 0 Å². The smallest absolute Gasteiger partial charge is 0.320 e. The molecule has 0 bridgehead atoms. The molecule has 6 N–H and O–H groups in total. The Morgan fingerprint density at radius 1 is 1.47 bits per heavy atom. The van der Waals surface area contributed by atoms with Gasteiger partial charge in [-0.3, -0.25) is 4.79 Å². The van der Waals surface area contributed by atoms with Gasteiger partial charge >= 0.3 is 5.97 Å². The van der Waals surface area contributed by atoms with Gasteiger partial charge in [0.2, 0.25) is 5.75 Å². The lowest BCUT2D eigenvalue weighted by molar-refractivity contribution is -0.138. The highest BCUT2D eigenvalue weighted by atomic mass is 16.4. The lowest BCUT2D eigenvalue weighted by atomic mass is 10.1. The Bertz CT molecular complexity index is 367. The Labute approximate surface area is 85.2 Å². The van der Waals surface area contributed by atoms with Crippen molar-refractivity contribution >= 4 is 5.97 Å². The highest BCUT2D eigenvalue weighted by molar-refractivity contribution is 5.73. The van der Waals surface area contributed by atoms with Crippen LogP contribution in [0.5, 0.6) is 17.2 Å². The first-order valence-electron chi connectivity index (χ1n) is 4.06. The van der Waals surface area contributed by atoms with Crippen molar-refractivity contribution in [2.75, 3.05) is 0 Å². The maximum absolute atomic E-state index is 10.4. The molecule has 1 aromatic carbocycles. The van der Waals surface area contributed by atoms with Crippen LogP contribution in [0.3, 0.4) is 0 Å². The van der Waals surface area contributed by atoms with E-state index < -0.39 is 29.3 Å². The van der Waals surface area contributed by atoms with Crippen molar-refractivity contribution in [1.29, 1.82) is 0 Å². The summed E-state index contributed by atoms with van der Waals surface area (Å²) in [7, 11) is 0. The number of carbonyl (C=O) groups is 1. The molecule has 0 amide bonds. The lowest BCUT2D eigenvalue weighted by Crippen LogP contribution is -2.32. The second kappa shape index (κ2) is 4.05. The average Bonchev–Trinajstić information content (AvgIpc) is 2.13. The molecule has 0 aliphatic heterocycles. The quantitative estimate of drug-likeness (QED) is 0.432. The van der Waals surface area contributed by atoms with Crippen LogP contribution in [0.4, 0.5) is 0 Å². The van der Waals surface area contributed by atoms with Gasteiger partial charge in [0.1, 0.15) is 6.04 Å². The van der Waals surface area contributed by atoms with Gasteiger partial charge in [-0.2, -0.15) is 0 Å². The molecule has 0 fully saturated rings. The van der Waals surface area contributed by atoms with E-state index in [0.29, 0.717) is 0 Å². The van der Waals surface area contributed by atoms with E-state index in [-0.39, 0.29) is 12.0 Å². The third-order valence-corrected chi connectivity index (χ3v) is 1.81. The fourth-order valence-corrected chi connectivity index (χ4v) is 1.04.